The first-order valence-electron chi connectivity index (χ1n) is 9.11. The van der Waals surface area contributed by atoms with Crippen LogP contribution in [-0.4, -0.2) is 37.8 Å². The van der Waals surface area contributed by atoms with Crippen LogP contribution < -0.4 is 10.6 Å². The number of para-hydroxylation sites is 1. The molecular weight excluding hydrogens is 362 g/mol. The maximum atomic E-state index is 12.7. The molecule has 1 saturated heterocycles. The zero-order valence-corrected chi connectivity index (χ0v) is 16.4. The molecule has 0 aromatic heterocycles. The molecule has 1 heterocycles. The van der Waals surface area contributed by atoms with Crippen LogP contribution in [0.4, 0.5) is 11.4 Å². The lowest BCUT2D eigenvalue weighted by atomic mass is 10.2. The summed E-state index contributed by atoms with van der Waals surface area (Å²) in [5.41, 5.74) is 2.35. The lowest BCUT2D eigenvalue weighted by Crippen LogP contribution is -2.32. The maximum Gasteiger partial charge on any atom is 0.246 e. The van der Waals surface area contributed by atoms with Crippen LogP contribution in [0.25, 0.3) is 0 Å². The smallest absolute Gasteiger partial charge is 0.246 e. The largest absolute Gasteiger partial charge is 0.374 e. The molecule has 0 saturated carbocycles. The molecule has 0 spiro atoms. The molecule has 3 rings (SSSR count). The fourth-order valence-electron chi connectivity index (χ4n) is 3.09. The van der Waals surface area contributed by atoms with E-state index in [1.165, 1.54) is 4.31 Å². The van der Waals surface area contributed by atoms with Crippen molar-refractivity contribution in [3.05, 3.63) is 54.1 Å². The molecule has 0 bridgehead atoms. The Bertz CT molecular complexity index is 922. The molecular formula is C20H25N3O3S. The third-order valence-corrected chi connectivity index (χ3v) is 6.61. The molecule has 2 aromatic carbocycles. The van der Waals surface area contributed by atoms with Gasteiger partial charge in [-0.05, 0) is 56.5 Å². The zero-order chi connectivity index (χ0) is 19.4. The van der Waals surface area contributed by atoms with Gasteiger partial charge in [0.05, 0.1) is 4.90 Å². The van der Waals surface area contributed by atoms with E-state index in [0.29, 0.717) is 18.8 Å². The summed E-state index contributed by atoms with van der Waals surface area (Å²) in [6, 6.07) is 13.7. The fraction of sp³-hybridized carbons (Fsp3) is 0.350. The van der Waals surface area contributed by atoms with E-state index in [1.54, 1.807) is 31.2 Å². The molecule has 144 valence electrons. The van der Waals surface area contributed by atoms with E-state index >= 15 is 0 Å². The van der Waals surface area contributed by atoms with Gasteiger partial charge >= 0.3 is 0 Å². The van der Waals surface area contributed by atoms with Crippen molar-refractivity contribution in [3.8, 4) is 0 Å². The predicted molar refractivity (Wildman–Crippen MR) is 107 cm³/mol. The molecule has 1 amide bonds. The van der Waals surface area contributed by atoms with Gasteiger partial charge in [0.2, 0.25) is 15.9 Å². The molecule has 27 heavy (non-hydrogen) atoms. The summed E-state index contributed by atoms with van der Waals surface area (Å²) in [6.45, 7) is 4.81. The van der Waals surface area contributed by atoms with Gasteiger partial charge in [-0.3, -0.25) is 4.79 Å². The number of hydrogen-bond acceptors (Lipinski definition) is 4. The Hall–Kier alpha value is -2.38. The molecule has 7 heteroatoms. The van der Waals surface area contributed by atoms with Gasteiger partial charge in [-0.15, -0.1) is 0 Å². The Morgan fingerprint density at radius 3 is 2.48 bits per heavy atom. The number of anilines is 2. The van der Waals surface area contributed by atoms with E-state index in [4.69, 9.17) is 0 Å². The number of carbonyl (C=O) groups is 1. The van der Waals surface area contributed by atoms with E-state index < -0.39 is 16.1 Å². The standard InChI is InChI=1S/C20H25N3O3S/c1-15-8-3-4-11-19(15)22-20(24)16(2)21-17-9-7-10-18(14-17)27(25,26)23-12-5-6-13-23/h3-4,7-11,14,16,21H,5-6,12-13H2,1-2H3,(H,22,24). The van der Waals surface area contributed by atoms with Gasteiger partial charge in [0.15, 0.2) is 0 Å². The van der Waals surface area contributed by atoms with Gasteiger partial charge in [0, 0.05) is 24.5 Å². The predicted octanol–water partition coefficient (Wildman–Crippen LogP) is 3.22. The number of nitrogens with zero attached hydrogens (tertiary/aromatic N) is 1. The van der Waals surface area contributed by atoms with E-state index in [-0.39, 0.29) is 10.8 Å². The second kappa shape index (κ2) is 8.10. The van der Waals surface area contributed by atoms with Crippen molar-refractivity contribution in [2.24, 2.45) is 0 Å². The van der Waals surface area contributed by atoms with Crippen LogP contribution in [0.1, 0.15) is 25.3 Å². The first-order valence-corrected chi connectivity index (χ1v) is 10.6. The fourth-order valence-corrected chi connectivity index (χ4v) is 4.66. The summed E-state index contributed by atoms with van der Waals surface area (Å²) >= 11 is 0. The van der Waals surface area contributed by atoms with Gasteiger partial charge in [0.1, 0.15) is 6.04 Å². The third-order valence-electron chi connectivity index (χ3n) is 4.72. The topological polar surface area (TPSA) is 78.5 Å². The van der Waals surface area contributed by atoms with Crippen molar-refractivity contribution in [3.63, 3.8) is 0 Å². The monoisotopic (exact) mass is 387 g/mol. The first-order chi connectivity index (χ1) is 12.9. The van der Waals surface area contributed by atoms with Crippen LogP contribution in [-0.2, 0) is 14.8 Å². The Morgan fingerprint density at radius 2 is 1.78 bits per heavy atom. The lowest BCUT2D eigenvalue weighted by molar-refractivity contribution is -0.116. The quantitative estimate of drug-likeness (QED) is 0.798. The highest BCUT2D eigenvalue weighted by molar-refractivity contribution is 7.89. The van der Waals surface area contributed by atoms with E-state index in [0.717, 1.165) is 24.1 Å². The molecule has 2 N–H and O–H groups in total. The minimum atomic E-state index is -3.48. The third kappa shape index (κ3) is 4.48. The first kappa shape index (κ1) is 19.4. The molecule has 1 atom stereocenters. The molecule has 1 unspecified atom stereocenters. The summed E-state index contributed by atoms with van der Waals surface area (Å²) in [5.74, 6) is -0.183. The average Bonchev–Trinajstić information content (AvgIpc) is 3.19. The SMILES string of the molecule is Cc1ccccc1NC(=O)C(C)Nc1cccc(S(=O)(=O)N2CCCC2)c1. The molecule has 0 radical (unpaired) electrons. The van der Waals surface area contributed by atoms with E-state index in [9.17, 15) is 13.2 Å². The minimum absolute atomic E-state index is 0.183. The van der Waals surface area contributed by atoms with E-state index in [1.807, 2.05) is 31.2 Å². The average molecular weight is 388 g/mol. The number of amides is 1. The van der Waals surface area contributed by atoms with Gasteiger partial charge in [0.25, 0.3) is 0 Å². The van der Waals surface area contributed by atoms with Crippen molar-refractivity contribution in [2.45, 2.75) is 37.6 Å². The van der Waals surface area contributed by atoms with Crippen LogP contribution in [0.5, 0.6) is 0 Å². The molecule has 2 aromatic rings. The number of hydrogen-bond donors (Lipinski definition) is 2. The number of nitrogens with one attached hydrogen (secondary N) is 2. The Balaban J connectivity index is 1.70. The van der Waals surface area contributed by atoms with Crippen molar-refractivity contribution >= 4 is 27.3 Å². The Labute approximate surface area is 160 Å². The lowest BCUT2D eigenvalue weighted by Gasteiger charge is -2.18. The van der Waals surface area contributed by atoms with Crippen LogP contribution in [0.15, 0.2) is 53.4 Å². The van der Waals surface area contributed by atoms with Gasteiger partial charge in [-0.2, -0.15) is 4.31 Å². The summed E-state index contributed by atoms with van der Waals surface area (Å²) < 4.78 is 26.9. The Kier molecular flexibility index (Phi) is 5.82. The summed E-state index contributed by atoms with van der Waals surface area (Å²) in [4.78, 5) is 12.7. The number of aryl methyl sites for hydroxylation is 1. The van der Waals surface area contributed by atoms with Crippen molar-refractivity contribution in [1.29, 1.82) is 0 Å². The molecule has 6 nitrogen and oxygen atoms in total. The van der Waals surface area contributed by atoms with Crippen molar-refractivity contribution in [2.75, 3.05) is 23.7 Å². The maximum absolute atomic E-state index is 12.7. The highest BCUT2D eigenvalue weighted by Crippen LogP contribution is 2.23. The highest BCUT2D eigenvalue weighted by atomic mass is 32.2. The molecule has 1 aliphatic rings. The van der Waals surface area contributed by atoms with Gasteiger partial charge in [-0.1, -0.05) is 24.3 Å². The summed E-state index contributed by atoms with van der Waals surface area (Å²) in [5, 5.41) is 5.98. The normalized spacial score (nSPS) is 16.1. The number of carbonyl (C=O) groups excluding carboxylic acids is 1. The molecule has 1 fully saturated rings. The van der Waals surface area contributed by atoms with Crippen molar-refractivity contribution in [1.82, 2.24) is 4.31 Å². The van der Waals surface area contributed by atoms with Crippen molar-refractivity contribution < 1.29 is 13.2 Å². The second-order valence-corrected chi connectivity index (χ2v) is 8.75. The van der Waals surface area contributed by atoms with Crippen LogP contribution in [0.2, 0.25) is 0 Å². The van der Waals surface area contributed by atoms with Gasteiger partial charge in [-0.25, -0.2) is 8.42 Å². The summed E-state index contributed by atoms with van der Waals surface area (Å²) in [6.07, 6.45) is 1.79. The van der Waals surface area contributed by atoms with Crippen LogP contribution in [0, 0.1) is 6.92 Å². The van der Waals surface area contributed by atoms with Crippen LogP contribution in [0.3, 0.4) is 0 Å². The molecule has 1 aliphatic heterocycles. The number of rotatable bonds is 6. The van der Waals surface area contributed by atoms with Gasteiger partial charge < -0.3 is 10.6 Å². The zero-order valence-electron chi connectivity index (χ0n) is 15.6. The van der Waals surface area contributed by atoms with Crippen LogP contribution >= 0.6 is 0 Å². The Morgan fingerprint density at radius 1 is 1.07 bits per heavy atom. The minimum Gasteiger partial charge on any atom is -0.374 e. The second-order valence-electron chi connectivity index (χ2n) is 6.81. The number of benzene rings is 2. The number of sulfonamides is 1. The summed E-state index contributed by atoms with van der Waals surface area (Å²) in [7, 11) is -3.48. The van der Waals surface area contributed by atoms with E-state index in [2.05, 4.69) is 10.6 Å². The highest BCUT2D eigenvalue weighted by Gasteiger charge is 2.27. The molecule has 0 aliphatic carbocycles.